The highest BCUT2D eigenvalue weighted by atomic mass is 16.6. The topological polar surface area (TPSA) is 108 Å². The Morgan fingerprint density at radius 3 is 1.23 bits per heavy atom. The van der Waals surface area contributed by atoms with Gasteiger partial charge in [0.25, 0.3) is 0 Å². The molecule has 0 fully saturated rings. The molecule has 0 radical (unpaired) electrons. The molecule has 0 rings (SSSR count). The van der Waals surface area contributed by atoms with E-state index < -0.39 is 5.97 Å². The predicted molar refractivity (Wildman–Crippen MR) is 112 cm³/mol. The van der Waals surface area contributed by atoms with Crippen LogP contribution in [0.25, 0.3) is 0 Å². The third-order valence-corrected chi connectivity index (χ3v) is 3.44. The van der Waals surface area contributed by atoms with Gasteiger partial charge in [-0.3, -0.25) is 4.79 Å². The minimum Gasteiger partial charge on any atom is -0.463 e. The van der Waals surface area contributed by atoms with Crippen LogP contribution in [0.3, 0.4) is 0 Å². The lowest BCUT2D eigenvalue weighted by molar-refractivity contribution is -0.145. The smallest absolute Gasteiger partial charge is 0.330 e. The molecule has 0 saturated heterocycles. The van der Waals surface area contributed by atoms with Gasteiger partial charge in [-0.05, 0) is 6.42 Å². The zero-order valence-electron chi connectivity index (χ0n) is 18.7. The van der Waals surface area contributed by atoms with Crippen molar-refractivity contribution >= 4 is 11.9 Å². The Labute approximate surface area is 185 Å². The summed E-state index contributed by atoms with van der Waals surface area (Å²) in [6, 6.07) is 0. The van der Waals surface area contributed by atoms with Gasteiger partial charge >= 0.3 is 11.9 Å². The lowest BCUT2D eigenvalue weighted by Gasteiger charge is -2.08. The van der Waals surface area contributed by atoms with Crippen molar-refractivity contribution < 1.29 is 47.5 Å². The molecule has 0 unspecified atom stereocenters. The van der Waals surface area contributed by atoms with Crippen molar-refractivity contribution in [1.82, 2.24) is 0 Å². The second-order valence-corrected chi connectivity index (χ2v) is 6.02. The Morgan fingerprint density at radius 1 is 0.581 bits per heavy atom. The highest BCUT2D eigenvalue weighted by molar-refractivity contribution is 5.81. The third-order valence-electron chi connectivity index (χ3n) is 3.44. The lowest BCUT2D eigenvalue weighted by Crippen LogP contribution is -2.15. The molecule has 0 heterocycles. The Kier molecular flexibility index (Phi) is 23.5. The molecular formula is C21H38O10. The van der Waals surface area contributed by atoms with Gasteiger partial charge in [0.05, 0.1) is 79.3 Å². The molecule has 31 heavy (non-hydrogen) atoms. The summed E-state index contributed by atoms with van der Waals surface area (Å²) in [5, 5.41) is 0. The molecule has 0 aliphatic carbocycles. The first-order valence-corrected chi connectivity index (χ1v) is 10.6. The first kappa shape index (κ1) is 29.4. The van der Waals surface area contributed by atoms with Crippen molar-refractivity contribution in [3.8, 4) is 0 Å². The molecule has 0 aliphatic heterocycles. The Bertz CT molecular complexity index is 430. The molecule has 0 aromatic rings. The SMILES string of the molecule is C=CC(=O)OCCOCCOCCOCCOCCOCCOCCOC(=O)CCC. The van der Waals surface area contributed by atoms with Gasteiger partial charge in [-0.2, -0.15) is 0 Å². The van der Waals surface area contributed by atoms with E-state index in [0.717, 1.165) is 12.5 Å². The molecular weight excluding hydrogens is 412 g/mol. The summed E-state index contributed by atoms with van der Waals surface area (Å²) in [4.78, 5) is 21.9. The van der Waals surface area contributed by atoms with Crippen LogP contribution in [-0.2, 0) is 47.5 Å². The summed E-state index contributed by atoms with van der Waals surface area (Å²) in [5.74, 6) is -0.652. The number of hydrogen-bond donors (Lipinski definition) is 0. The van der Waals surface area contributed by atoms with Crippen molar-refractivity contribution in [3.05, 3.63) is 12.7 Å². The second-order valence-electron chi connectivity index (χ2n) is 6.02. The van der Waals surface area contributed by atoms with Crippen molar-refractivity contribution in [3.63, 3.8) is 0 Å². The third kappa shape index (κ3) is 24.6. The maximum Gasteiger partial charge on any atom is 0.330 e. The van der Waals surface area contributed by atoms with Crippen LogP contribution in [0.2, 0.25) is 0 Å². The van der Waals surface area contributed by atoms with Crippen molar-refractivity contribution in [1.29, 1.82) is 0 Å². The Balaban J connectivity index is 3.07. The van der Waals surface area contributed by atoms with Gasteiger partial charge in [-0.25, -0.2) is 4.79 Å². The average Bonchev–Trinajstić information content (AvgIpc) is 2.77. The zero-order valence-corrected chi connectivity index (χ0v) is 18.7. The van der Waals surface area contributed by atoms with Crippen LogP contribution < -0.4 is 0 Å². The molecule has 0 saturated carbocycles. The molecule has 0 atom stereocenters. The molecule has 0 aromatic carbocycles. The number of hydrogen-bond acceptors (Lipinski definition) is 10. The molecule has 10 nitrogen and oxygen atoms in total. The summed E-state index contributed by atoms with van der Waals surface area (Å²) in [6.45, 7) is 11.0. The average molecular weight is 451 g/mol. The zero-order chi connectivity index (χ0) is 22.8. The van der Waals surface area contributed by atoms with E-state index in [0.29, 0.717) is 85.7 Å². The predicted octanol–water partition coefficient (Wildman–Crippen LogP) is 1.16. The van der Waals surface area contributed by atoms with Gasteiger partial charge in [-0.1, -0.05) is 13.5 Å². The van der Waals surface area contributed by atoms with E-state index in [9.17, 15) is 9.59 Å². The molecule has 0 spiro atoms. The first-order chi connectivity index (χ1) is 15.2. The van der Waals surface area contributed by atoms with Crippen LogP contribution >= 0.6 is 0 Å². The fourth-order valence-corrected chi connectivity index (χ4v) is 1.95. The summed E-state index contributed by atoms with van der Waals surface area (Å²) in [5.41, 5.74) is 0. The minimum atomic E-state index is -0.460. The van der Waals surface area contributed by atoms with E-state index in [-0.39, 0.29) is 19.2 Å². The number of rotatable bonds is 24. The van der Waals surface area contributed by atoms with Gasteiger partial charge in [0.1, 0.15) is 13.2 Å². The Morgan fingerprint density at radius 2 is 0.903 bits per heavy atom. The molecule has 182 valence electrons. The van der Waals surface area contributed by atoms with Crippen LogP contribution in [0.4, 0.5) is 0 Å². The number of carbonyl (C=O) groups excluding carboxylic acids is 2. The number of carbonyl (C=O) groups is 2. The van der Waals surface area contributed by atoms with Gasteiger partial charge in [0, 0.05) is 12.5 Å². The lowest BCUT2D eigenvalue weighted by atomic mass is 10.3. The number of ether oxygens (including phenoxy) is 8. The summed E-state index contributed by atoms with van der Waals surface area (Å²) in [7, 11) is 0. The van der Waals surface area contributed by atoms with Gasteiger partial charge < -0.3 is 37.9 Å². The molecule has 0 bridgehead atoms. The fraction of sp³-hybridized carbons (Fsp3) is 0.810. The van der Waals surface area contributed by atoms with Crippen LogP contribution in [0.15, 0.2) is 12.7 Å². The maximum atomic E-state index is 11.1. The molecule has 0 N–H and O–H groups in total. The van der Waals surface area contributed by atoms with E-state index in [4.69, 9.17) is 37.9 Å². The molecule has 0 aliphatic rings. The fourth-order valence-electron chi connectivity index (χ4n) is 1.95. The van der Waals surface area contributed by atoms with Gasteiger partial charge in [0.15, 0.2) is 0 Å². The molecule has 10 heteroatoms. The van der Waals surface area contributed by atoms with E-state index in [2.05, 4.69) is 6.58 Å². The summed E-state index contributed by atoms with van der Waals surface area (Å²) >= 11 is 0. The monoisotopic (exact) mass is 450 g/mol. The summed E-state index contributed by atoms with van der Waals surface area (Å²) in [6.07, 6.45) is 2.34. The van der Waals surface area contributed by atoms with Crippen LogP contribution in [-0.4, -0.2) is 104 Å². The standard InChI is InChI=1S/C21H38O10/c1-3-5-21(23)31-19-17-29-15-13-27-11-9-25-7-6-24-8-10-26-12-14-28-16-18-30-20(22)4-2/h4H,2-3,5-19H2,1H3. The van der Waals surface area contributed by atoms with Crippen molar-refractivity contribution in [2.24, 2.45) is 0 Å². The second kappa shape index (κ2) is 24.7. The van der Waals surface area contributed by atoms with E-state index in [1.165, 1.54) is 0 Å². The van der Waals surface area contributed by atoms with Crippen molar-refractivity contribution in [2.45, 2.75) is 19.8 Å². The number of esters is 2. The van der Waals surface area contributed by atoms with Gasteiger partial charge in [-0.15, -0.1) is 0 Å². The normalized spacial score (nSPS) is 10.7. The van der Waals surface area contributed by atoms with E-state index in [1.54, 1.807) is 0 Å². The van der Waals surface area contributed by atoms with Gasteiger partial charge in [0.2, 0.25) is 0 Å². The van der Waals surface area contributed by atoms with E-state index in [1.807, 2.05) is 6.92 Å². The minimum absolute atomic E-state index is 0.192. The quantitative estimate of drug-likeness (QED) is 0.121. The first-order valence-electron chi connectivity index (χ1n) is 10.6. The van der Waals surface area contributed by atoms with Crippen LogP contribution in [0.1, 0.15) is 19.8 Å². The maximum absolute atomic E-state index is 11.1. The van der Waals surface area contributed by atoms with Crippen LogP contribution in [0, 0.1) is 0 Å². The molecule has 0 aromatic heterocycles. The highest BCUT2D eigenvalue weighted by Gasteiger charge is 2.00. The highest BCUT2D eigenvalue weighted by Crippen LogP contribution is 1.91. The summed E-state index contributed by atoms with van der Waals surface area (Å²) < 4.78 is 41.7. The van der Waals surface area contributed by atoms with E-state index >= 15 is 0 Å². The van der Waals surface area contributed by atoms with Crippen molar-refractivity contribution in [2.75, 3.05) is 92.5 Å². The Hall–Kier alpha value is -1.56. The molecule has 0 amide bonds. The largest absolute Gasteiger partial charge is 0.463 e. The van der Waals surface area contributed by atoms with Crippen LogP contribution in [0.5, 0.6) is 0 Å².